The predicted octanol–water partition coefficient (Wildman–Crippen LogP) is 1.96. The molecule has 1 atom stereocenters. The number of fused-ring (bicyclic) bond motifs is 1. The molecule has 0 aromatic heterocycles. The van der Waals surface area contributed by atoms with Gasteiger partial charge in [0.1, 0.15) is 9.79 Å². The number of nitriles is 2. The molecule has 0 spiro atoms. The molecular formula is C21H24N6O4S2. The third-order valence-electron chi connectivity index (χ3n) is 5.56. The average Bonchev–Trinajstić information content (AvgIpc) is 2.79. The van der Waals surface area contributed by atoms with Crippen LogP contribution in [0.25, 0.3) is 0 Å². The van der Waals surface area contributed by atoms with Gasteiger partial charge in [-0.3, -0.25) is 0 Å². The Bertz CT molecular complexity index is 1340. The molecule has 1 aliphatic carbocycles. The number of hydrogen-bond acceptors (Lipinski definition) is 8. The molecule has 0 bridgehead atoms. The molecule has 2 aromatic rings. The lowest BCUT2D eigenvalue weighted by atomic mass is 9.87. The standard InChI is InChI=1S/C14H17N3O2S.C7H7N3O2S/c15-9-10-6-7-12-13(8-10)20(18,19)17-14(16-12)11-4-2-1-3-5-11;8-4-5-1-2-6(9)7(3-5)13(10,11)12/h6-8,11,14,16-17H,1-5H2;1-3H,9H2,(H2,10,11,12). The number of nitrogens with one attached hydrogen (secondary N) is 2. The van der Waals surface area contributed by atoms with Crippen LogP contribution in [-0.2, 0) is 20.0 Å². The molecule has 0 saturated heterocycles. The van der Waals surface area contributed by atoms with E-state index in [9.17, 15) is 16.8 Å². The van der Waals surface area contributed by atoms with Crippen molar-refractivity contribution in [2.75, 3.05) is 11.1 Å². The molecule has 174 valence electrons. The molecule has 12 heteroatoms. The Hall–Kier alpha value is -3.16. The van der Waals surface area contributed by atoms with E-state index in [-0.39, 0.29) is 27.2 Å². The molecule has 1 fully saturated rings. The second kappa shape index (κ2) is 9.77. The zero-order valence-corrected chi connectivity index (χ0v) is 19.3. The fourth-order valence-corrected chi connectivity index (χ4v) is 5.99. The number of sulfonamides is 2. The minimum absolute atomic E-state index is 0.0431. The lowest BCUT2D eigenvalue weighted by molar-refractivity contribution is 0.306. The van der Waals surface area contributed by atoms with Crippen molar-refractivity contribution in [2.45, 2.75) is 48.1 Å². The van der Waals surface area contributed by atoms with Crippen LogP contribution in [0.1, 0.15) is 43.2 Å². The summed E-state index contributed by atoms with van der Waals surface area (Å²) in [5, 5.41) is 25.5. The van der Waals surface area contributed by atoms with Crippen LogP contribution in [0.15, 0.2) is 46.2 Å². The Labute approximate surface area is 193 Å². The van der Waals surface area contributed by atoms with E-state index in [1.165, 1.54) is 24.6 Å². The molecule has 0 amide bonds. The van der Waals surface area contributed by atoms with E-state index < -0.39 is 20.0 Å². The van der Waals surface area contributed by atoms with Crippen LogP contribution in [0.3, 0.4) is 0 Å². The molecule has 0 radical (unpaired) electrons. The van der Waals surface area contributed by atoms with E-state index >= 15 is 0 Å². The molecular weight excluding hydrogens is 464 g/mol. The summed E-state index contributed by atoms with van der Waals surface area (Å²) in [6.07, 6.45) is 5.41. The number of hydrogen-bond donors (Lipinski definition) is 4. The number of benzene rings is 2. The van der Waals surface area contributed by atoms with Gasteiger partial charge >= 0.3 is 0 Å². The average molecular weight is 489 g/mol. The van der Waals surface area contributed by atoms with Crippen molar-refractivity contribution in [3.8, 4) is 12.1 Å². The topological polar surface area (TPSA) is 192 Å². The Kier molecular flexibility index (Phi) is 7.25. The summed E-state index contributed by atoms with van der Waals surface area (Å²) in [6, 6.07) is 12.4. The number of rotatable bonds is 2. The van der Waals surface area contributed by atoms with E-state index in [0.717, 1.165) is 31.7 Å². The first-order valence-corrected chi connectivity index (χ1v) is 13.2. The van der Waals surface area contributed by atoms with Gasteiger partial charge in [0.25, 0.3) is 0 Å². The van der Waals surface area contributed by atoms with Crippen LogP contribution in [0.5, 0.6) is 0 Å². The highest BCUT2D eigenvalue weighted by atomic mass is 32.2. The molecule has 1 heterocycles. The van der Waals surface area contributed by atoms with Gasteiger partial charge in [-0.25, -0.2) is 22.0 Å². The van der Waals surface area contributed by atoms with Crippen molar-refractivity contribution in [2.24, 2.45) is 11.1 Å². The van der Waals surface area contributed by atoms with Gasteiger partial charge in [0, 0.05) is 0 Å². The lowest BCUT2D eigenvalue weighted by Gasteiger charge is -2.35. The minimum atomic E-state index is -3.84. The Morgan fingerprint density at radius 3 is 2.18 bits per heavy atom. The van der Waals surface area contributed by atoms with Crippen LogP contribution < -0.4 is 20.9 Å². The molecule has 2 aliphatic rings. The summed E-state index contributed by atoms with van der Waals surface area (Å²) in [7, 11) is -7.38. The number of nitrogens with zero attached hydrogens (tertiary/aromatic N) is 2. The smallest absolute Gasteiger partial charge is 0.244 e. The van der Waals surface area contributed by atoms with Crippen molar-refractivity contribution < 1.29 is 16.8 Å². The predicted molar refractivity (Wildman–Crippen MR) is 122 cm³/mol. The normalized spacial score (nSPS) is 19.5. The van der Waals surface area contributed by atoms with Gasteiger partial charge < -0.3 is 11.1 Å². The van der Waals surface area contributed by atoms with Gasteiger partial charge in [-0.1, -0.05) is 19.3 Å². The molecule has 1 unspecified atom stereocenters. The van der Waals surface area contributed by atoms with Gasteiger partial charge in [0.2, 0.25) is 20.0 Å². The Balaban J connectivity index is 0.000000205. The van der Waals surface area contributed by atoms with Gasteiger partial charge in [0.05, 0.1) is 40.8 Å². The highest BCUT2D eigenvalue weighted by Gasteiger charge is 2.34. The highest BCUT2D eigenvalue weighted by Crippen LogP contribution is 2.33. The quantitative estimate of drug-likeness (QED) is 0.461. The number of nitrogen functional groups attached to an aromatic ring is 1. The molecule has 2 aromatic carbocycles. The van der Waals surface area contributed by atoms with Crippen molar-refractivity contribution in [3.05, 3.63) is 47.5 Å². The molecule has 1 aliphatic heterocycles. The molecule has 1 saturated carbocycles. The van der Waals surface area contributed by atoms with Gasteiger partial charge in [-0.05, 0) is 55.2 Å². The van der Waals surface area contributed by atoms with Crippen LogP contribution in [0, 0.1) is 28.6 Å². The van der Waals surface area contributed by atoms with E-state index in [0.29, 0.717) is 17.2 Å². The first kappa shape index (κ1) is 24.5. The molecule has 33 heavy (non-hydrogen) atoms. The fraction of sp³-hybridized carbons (Fsp3) is 0.333. The number of nitrogens with two attached hydrogens (primary N) is 2. The van der Waals surface area contributed by atoms with Crippen molar-refractivity contribution in [1.82, 2.24) is 4.72 Å². The van der Waals surface area contributed by atoms with Crippen LogP contribution in [0.2, 0.25) is 0 Å². The Morgan fingerprint density at radius 2 is 1.58 bits per heavy atom. The summed E-state index contributed by atoms with van der Waals surface area (Å²) < 4.78 is 49.2. The molecule has 10 nitrogen and oxygen atoms in total. The monoisotopic (exact) mass is 488 g/mol. The summed E-state index contributed by atoms with van der Waals surface area (Å²) in [5.74, 6) is 0.335. The largest absolute Gasteiger partial charge is 0.398 e. The summed E-state index contributed by atoms with van der Waals surface area (Å²) in [5.41, 5.74) is 6.56. The van der Waals surface area contributed by atoms with Crippen LogP contribution in [-0.4, -0.2) is 23.0 Å². The minimum Gasteiger partial charge on any atom is -0.398 e. The van der Waals surface area contributed by atoms with Gasteiger partial charge in [0.15, 0.2) is 0 Å². The second-order valence-electron chi connectivity index (χ2n) is 7.87. The summed E-state index contributed by atoms with van der Waals surface area (Å²) in [4.78, 5) is -0.0461. The first-order valence-electron chi connectivity index (χ1n) is 10.2. The maximum absolute atomic E-state index is 12.3. The lowest BCUT2D eigenvalue weighted by Crippen LogP contribution is -2.49. The van der Waals surface area contributed by atoms with Gasteiger partial charge in [-0.15, -0.1) is 0 Å². The fourth-order valence-electron chi connectivity index (χ4n) is 3.89. The molecule has 4 rings (SSSR count). The maximum atomic E-state index is 12.3. The molecule has 6 N–H and O–H groups in total. The first-order chi connectivity index (χ1) is 15.5. The third-order valence-corrected chi connectivity index (χ3v) is 8.01. The van der Waals surface area contributed by atoms with E-state index in [1.807, 2.05) is 6.07 Å². The van der Waals surface area contributed by atoms with E-state index in [4.69, 9.17) is 21.4 Å². The maximum Gasteiger partial charge on any atom is 0.244 e. The number of anilines is 2. The van der Waals surface area contributed by atoms with Crippen molar-refractivity contribution in [3.63, 3.8) is 0 Å². The SMILES string of the molecule is N#Cc1ccc(N)c(S(N)(=O)=O)c1.N#Cc1ccc2c(c1)S(=O)(=O)NC(C1CCCCC1)N2. The van der Waals surface area contributed by atoms with E-state index in [2.05, 4.69) is 10.0 Å². The zero-order chi connectivity index (χ0) is 24.2. The summed E-state index contributed by atoms with van der Waals surface area (Å²) in [6.45, 7) is 0. The van der Waals surface area contributed by atoms with Gasteiger partial charge in [-0.2, -0.15) is 15.2 Å². The number of primary sulfonamides is 1. The van der Waals surface area contributed by atoms with Crippen molar-refractivity contribution in [1.29, 1.82) is 10.5 Å². The Morgan fingerprint density at radius 1 is 0.970 bits per heavy atom. The summed E-state index contributed by atoms with van der Waals surface area (Å²) >= 11 is 0. The highest BCUT2D eigenvalue weighted by molar-refractivity contribution is 7.90. The van der Waals surface area contributed by atoms with Crippen LogP contribution in [0.4, 0.5) is 11.4 Å². The zero-order valence-electron chi connectivity index (χ0n) is 17.7. The second-order valence-corrected chi connectivity index (χ2v) is 11.1. The van der Waals surface area contributed by atoms with Crippen LogP contribution >= 0.6 is 0 Å². The van der Waals surface area contributed by atoms with Crippen molar-refractivity contribution >= 4 is 31.4 Å². The third kappa shape index (κ3) is 5.80. The van der Waals surface area contributed by atoms with E-state index in [1.54, 1.807) is 18.2 Å².